The van der Waals surface area contributed by atoms with E-state index in [0.717, 1.165) is 75.8 Å². The van der Waals surface area contributed by atoms with Crippen LogP contribution in [-0.2, 0) is 4.74 Å². The maximum atomic E-state index is 5.41. The molecule has 0 N–H and O–H groups in total. The zero-order valence-electron chi connectivity index (χ0n) is 14.5. The molecule has 132 valence electrons. The Morgan fingerprint density at radius 2 is 1.52 bits per heavy atom. The van der Waals surface area contributed by atoms with Crippen LogP contribution in [0.3, 0.4) is 0 Å². The minimum absolute atomic E-state index is 0.740. The molecule has 2 saturated heterocycles. The molecule has 8 heteroatoms. The van der Waals surface area contributed by atoms with Gasteiger partial charge < -0.3 is 19.4 Å². The van der Waals surface area contributed by atoms with E-state index in [0.29, 0.717) is 0 Å². The first-order valence-electron chi connectivity index (χ1n) is 8.74. The highest BCUT2D eigenvalue weighted by atomic mass is 16.5. The normalized spacial score (nSPS) is 18.5. The van der Waals surface area contributed by atoms with E-state index in [1.54, 1.807) is 12.4 Å². The number of nitrogens with zero attached hydrogens (tertiary/aromatic N) is 7. The van der Waals surface area contributed by atoms with Gasteiger partial charge in [-0.2, -0.15) is 4.98 Å². The molecule has 2 aliphatic rings. The van der Waals surface area contributed by atoms with Crippen molar-refractivity contribution in [3.63, 3.8) is 0 Å². The lowest BCUT2D eigenvalue weighted by molar-refractivity contribution is 0.122. The Morgan fingerprint density at radius 3 is 2.28 bits per heavy atom. The van der Waals surface area contributed by atoms with Gasteiger partial charge in [0.15, 0.2) is 0 Å². The summed E-state index contributed by atoms with van der Waals surface area (Å²) < 4.78 is 5.41. The minimum atomic E-state index is 0.740. The van der Waals surface area contributed by atoms with Crippen LogP contribution in [0.1, 0.15) is 5.69 Å². The zero-order chi connectivity index (χ0) is 17.1. The molecule has 0 saturated carbocycles. The van der Waals surface area contributed by atoms with Gasteiger partial charge in [0, 0.05) is 57.9 Å². The number of aryl methyl sites for hydroxylation is 1. The van der Waals surface area contributed by atoms with Crippen molar-refractivity contribution in [3.8, 4) is 0 Å². The Kier molecular flexibility index (Phi) is 4.60. The molecular weight excluding hydrogens is 318 g/mol. The molecule has 0 atom stereocenters. The van der Waals surface area contributed by atoms with Gasteiger partial charge in [-0.15, -0.1) is 0 Å². The third kappa shape index (κ3) is 3.48. The molecule has 0 aromatic carbocycles. The highest BCUT2D eigenvalue weighted by molar-refractivity contribution is 5.48. The second-order valence-electron chi connectivity index (χ2n) is 6.25. The summed E-state index contributed by atoms with van der Waals surface area (Å²) in [6.45, 7) is 8.84. The van der Waals surface area contributed by atoms with E-state index >= 15 is 0 Å². The SMILES string of the molecule is Cc1nccnc1N1CCN(c2ccnc(N3CCOCC3)n2)CC1. The number of piperazine rings is 1. The van der Waals surface area contributed by atoms with Crippen LogP contribution < -0.4 is 14.7 Å². The summed E-state index contributed by atoms with van der Waals surface area (Å²) in [6.07, 6.45) is 5.35. The van der Waals surface area contributed by atoms with E-state index in [-0.39, 0.29) is 0 Å². The first-order chi connectivity index (χ1) is 12.3. The number of hydrogen-bond donors (Lipinski definition) is 0. The Morgan fingerprint density at radius 1 is 0.800 bits per heavy atom. The largest absolute Gasteiger partial charge is 0.378 e. The molecule has 25 heavy (non-hydrogen) atoms. The van der Waals surface area contributed by atoms with Crippen molar-refractivity contribution in [3.05, 3.63) is 30.4 Å². The third-order valence-corrected chi connectivity index (χ3v) is 4.68. The summed E-state index contributed by atoms with van der Waals surface area (Å²) in [6, 6.07) is 1.99. The average Bonchev–Trinajstić information content (AvgIpc) is 2.69. The molecule has 4 heterocycles. The number of aromatic nitrogens is 4. The number of hydrogen-bond acceptors (Lipinski definition) is 8. The van der Waals surface area contributed by atoms with E-state index in [1.165, 1.54) is 0 Å². The molecule has 0 spiro atoms. The second kappa shape index (κ2) is 7.18. The molecule has 2 aliphatic heterocycles. The van der Waals surface area contributed by atoms with Gasteiger partial charge in [0.05, 0.1) is 18.9 Å². The molecule has 0 unspecified atom stereocenters. The van der Waals surface area contributed by atoms with Gasteiger partial charge >= 0.3 is 0 Å². The number of ether oxygens (including phenoxy) is 1. The third-order valence-electron chi connectivity index (χ3n) is 4.68. The molecular formula is C17H23N7O. The molecule has 0 amide bonds. The summed E-state index contributed by atoms with van der Waals surface area (Å²) in [5.74, 6) is 2.78. The molecule has 0 aliphatic carbocycles. The number of morpholine rings is 1. The van der Waals surface area contributed by atoms with E-state index in [9.17, 15) is 0 Å². The molecule has 0 bridgehead atoms. The van der Waals surface area contributed by atoms with Gasteiger partial charge in [0.1, 0.15) is 11.6 Å². The van der Waals surface area contributed by atoms with Crippen LogP contribution in [0.2, 0.25) is 0 Å². The van der Waals surface area contributed by atoms with E-state index in [2.05, 4.69) is 29.7 Å². The van der Waals surface area contributed by atoms with Crippen LogP contribution in [-0.4, -0.2) is 72.4 Å². The lowest BCUT2D eigenvalue weighted by atomic mass is 10.3. The van der Waals surface area contributed by atoms with Crippen LogP contribution in [0.4, 0.5) is 17.6 Å². The van der Waals surface area contributed by atoms with Gasteiger partial charge in [-0.05, 0) is 13.0 Å². The van der Waals surface area contributed by atoms with Crippen molar-refractivity contribution in [2.45, 2.75) is 6.92 Å². The van der Waals surface area contributed by atoms with E-state index in [1.807, 2.05) is 19.2 Å². The fourth-order valence-corrected chi connectivity index (χ4v) is 3.29. The standard InChI is InChI=1S/C17H23N7O/c1-14-16(19-5-4-18-14)23-8-6-22(7-9-23)15-2-3-20-17(21-15)24-10-12-25-13-11-24/h2-5H,6-13H2,1H3. The van der Waals surface area contributed by atoms with Gasteiger partial charge in [0.2, 0.25) is 5.95 Å². The summed E-state index contributed by atoms with van der Waals surface area (Å²) in [5, 5.41) is 0. The maximum absolute atomic E-state index is 5.41. The summed E-state index contributed by atoms with van der Waals surface area (Å²) >= 11 is 0. The summed E-state index contributed by atoms with van der Waals surface area (Å²) in [7, 11) is 0. The van der Waals surface area contributed by atoms with Crippen LogP contribution >= 0.6 is 0 Å². The predicted molar refractivity (Wildman–Crippen MR) is 96.3 cm³/mol. The van der Waals surface area contributed by atoms with Crippen LogP contribution in [0.15, 0.2) is 24.7 Å². The fraction of sp³-hybridized carbons (Fsp3) is 0.529. The quantitative estimate of drug-likeness (QED) is 0.810. The first-order valence-corrected chi connectivity index (χ1v) is 8.74. The Balaban J connectivity index is 1.43. The molecule has 8 nitrogen and oxygen atoms in total. The Hall–Kier alpha value is -2.48. The molecule has 2 aromatic rings. The monoisotopic (exact) mass is 341 g/mol. The zero-order valence-corrected chi connectivity index (χ0v) is 14.5. The molecule has 2 aromatic heterocycles. The smallest absolute Gasteiger partial charge is 0.227 e. The highest BCUT2D eigenvalue weighted by Gasteiger charge is 2.22. The average molecular weight is 341 g/mol. The van der Waals surface area contributed by atoms with E-state index < -0.39 is 0 Å². The van der Waals surface area contributed by atoms with Crippen molar-refractivity contribution in [2.24, 2.45) is 0 Å². The highest BCUT2D eigenvalue weighted by Crippen LogP contribution is 2.20. The Labute approximate surface area is 147 Å². The fourth-order valence-electron chi connectivity index (χ4n) is 3.29. The van der Waals surface area contributed by atoms with Crippen molar-refractivity contribution in [2.75, 3.05) is 67.2 Å². The van der Waals surface area contributed by atoms with Crippen LogP contribution in [0, 0.1) is 6.92 Å². The minimum Gasteiger partial charge on any atom is -0.378 e. The van der Waals surface area contributed by atoms with Gasteiger partial charge in [-0.3, -0.25) is 4.98 Å². The first kappa shape index (κ1) is 16.0. The number of anilines is 3. The van der Waals surface area contributed by atoms with Crippen molar-refractivity contribution in [1.29, 1.82) is 0 Å². The summed E-state index contributed by atoms with van der Waals surface area (Å²) in [5.41, 5.74) is 0.979. The predicted octanol–water partition coefficient (Wildman–Crippen LogP) is 0.738. The molecule has 4 rings (SSSR count). The second-order valence-corrected chi connectivity index (χ2v) is 6.25. The van der Waals surface area contributed by atoms with Gasteiger partial charge in [0.25, 0.3) is 0 Å². The lowest BCUT2D eigenvalue weighted by Crippen LogP contribution is -2.47. The Bertz CT molecular complexity index is 712. The van der Waals surface area contributed by atoms with Gasteiger partial charge in [-0.25, -0.2) is 9.97 Å². The maximum Gasteiger partial charge on any atom is 0.227 e. The van der Waals surface area contributed by atoms with E-state index in [4.69, 9.17) is 9.72 Å². The summed E-state index contributed by atoms with van der Waals surface area (Å²) in [4.78, 5) is 24.8. The van der Waals surface area contributed by atoms with Crippen LogP contribution in [0.25, 0.3) is 0 Å². The number of rotatable bonds is 3. The van der Waals surface area contributed by atoms with Crippen molar-refractivity contribution < 1.29 is 4.74 Å². The topological polar surface area (TPSA) is 70.5 Å². The van der Waals surface area contributed by atoms with Gasteiger partial charge in [-0.1, -0.05) is 0 Å². The van der Waals surface area contributed by atoms with Crippen molar-refractivity contribution >= 4 is 17.6 Å². The van der Waals surface area contributed by atoms with Crippen LogP contribution in [0.5, 0.6) is 0 Å². The lowest BCUT2D eigenvalue weighted by Gasteiger charge is -2.36. The molecule has 2 fully saturated rings. The van der Waals surface area contributed by atoms with Crippen molar-refractivity contribution in [1.82, 2.24) is 19.9 Å². The molecule has 0 radical (unpaired) electrons.